The van der Waals surface area contributed by atoms with Crippen LogP contribution in [-0.4, -0.2) is 0 Å². The maximum Gasteiger partial charge on any atom is 0.0540 e. The molecule has 9 rings (SSSR count). The van der Waals surface area contributed by atoms with Gasteiger partial charge in [-0.05, 0) is 90.8 Å². The molecule has 0 radical (unpaired) electrons. The molecule has 0 bridgehead atoms. The maximum atomic E-state index is 2.37. The van der Waals surface area contributed by atoms with Gasteiger partial charge in [0.15, 0.2) is 0 Å². The summed E-state index contributed by atoms with van der Waals surface area (Å²) in [6.45, 7) is 0. The lowest BCUT2D eigenvalue weighted by molar-refractivity contribution is 1.28. The second kappa shape index (κ2) is 13.3. The summed E-state index contributed by atoms with van der Waals surface area (Å²) in [7, 11) is 0. The molecule has 0 aliphatic rings. The molecule has 0 aromatic heterocycles. The molecule has 0 saturated heterocycles. The van der Waals surface area contributed by atoms with Crippen LogP contribution < -0.4 is 4.90 Å². The molecule has 9 aromatic carbocycles. The lowest BCUT2D eigenvalue weighted by atomic mass is 9.82. The van der Waals surface area contributed by atoms with Gasteiger partial charge < -0.3 is 4.90 Å². The van der Waals surface area contributed by atoms with Gasteiger partial charge in [-0.25, -0.2) is 0 Å². The number of para-hydroxylation sites is 2. The van der Waals surface area contributed by atoms with Crippen LogP contribution in [0.3, 0.4) is 0 Å². The molecule has 51 heavy (non-hydrogen) atoms. The van der Waals surface area contributed by atoms with E-state index in [0.29, 0.717) is 0 Å². The first-order valence-corrected chi connectivity index (χ1v) is 17.5. The molecule has 0 heterocycles. The highest BCUT2D eigenvalue weighted by molar-refractivity contribution is 6.24. The van der Waals surface area contributed by atoms with Crippen LogP contribution in [0.2, 0.25) is 0 Å². The molecule has 9 aromatic rings. The van der Waals surface area contributed by atoms with E-state index in [4.69, 9.17) is 0 Å². The maximum absolute atomic E-state index is 2.37. The second-order valence-corrected chi connectivity index (χ2v) is 12.9. The van der Waals surface area contributed by atoms with Gasteiger partial charge in [-0.2, -0.15) is 0 Å². The third-order valence-electron chi connectivity index (χ3n) is 9.86. The van der Waals surface area contributed by atoms with Crippen LogP contribution in [0.15, 0.2) is 212 Å². The fraction of sp³-hybridized carbons (Fsp3) is 0. The molecule has 0 amide bonds. The minimum atomic E-state index is 1.10. The van der Waals surface area contributed by atoms with Gasteiger partial charge in [0.1, 0.15) is 0 Å². The highest BCUT2D eigenvalue weighted by Crippen LogP contribution is 2.48. The van der Waals surface area contributed by atoms with Gasteiger partial charge in [-0.3, -0.25) is 0 Å². The second-order valence-electron chi connectivity index (χ2n) is 12.9. The Kier molecular flexibility index (Phi) is 7.92. The minimum Gasteiger partial charge on any atom is -0.310 e. The van der Waals surface area contributed by atoms with Gasteiger partial charge >= 0.3 is 0 Å². The SMILES string of the molecule is c1ccc(-c2ccccc2N(c2ccccc2)c2ccc(-c3cccc4c3c(-c3ccccc3)c(-c3ccccc3)c3ccccc34)cc2)cc1. The Labute approximate surface area is 299 Å². The third kappa shape index (κ3) is 5.56. The fourth-order valence-corrected chi connectivity index (χ4v) is 7.61. The Morgan fingerprint density at radius 1 is 0.255 bits per heavy atom. The summed E-state index contributed by atoms with van der Waals surface area (Å²) in [5.41, 5.74) is 13.1. The number of anilines is 3. The van der Waals surface area contributed by atoms with E-state index in [1.807, 2.05) is 0 Å². The molecule has 0 aliphatic heterocycles. The van der Waals surface area contributed by atoms with Crippen LogP contribution >= 0.6 is 0 Å². The van der Waals surface area contributed by atoms with E-state index in [9.17, 15) is 0 Å². The van der Waals surface area contributed by atoms with Crippen molar-refractivity contribution in [3.05, 3.63) is 212 Å². The lowest BCUT2D eigenvalue weighted by Crippen LogP contribution is -2.11. The molecule has 0 N–H and O–H groups in total. The number of fused-ring (bicyclic) bond motifs is 3. The van der Waals surface area contributed by atoms with E-state index in [-0.39, 0.29) is 0 Å². The first-order valence-electron chi connectivity index (χ1n) is 17.5. The van der Waals surface area contributed by atoms with Gasteiger partial charge in [0, 0.05) is 16.9 Å². The van der Waals surface area contributed by atoms with Crippen molar-refractivity contribution in [1.82, 2.24) is 0 Å². The predicted octanol–water partition coefficient (Wildman–Crippen LogP) is 14.1. The van der Waals surface area contributed by atoms with Gasteiger partial charge in [-0.15, -0.1) is 0 Å². The van der Waals surface area contributed by atoms with Crippen molar-refractivity contribution in [2.45, 2.75) is 0 Å². The van der Waals surface area contributed by atoms with Gasteiger partial charge in [-0.1, -0.05) is 182 Å². The van der Waals surface area contributed by atoms with Crippen LogP contribution in [0, 0.1) is 0 Å². The quantitative estimate of drug-likeness (QED) is 0.155. The Hall–Kier alpha value is -6.70. The zero-order chi connectivity index (χ0) is 34.0. The number of benzene rings is 9. The summed E-state index contributed by atoms with van der Waals surface area (Å²) in [4.78, 5) is 2.37. The standard InChI is InChI=1S/C50H35N/c1-5-18-36(19-6-1)42-26-15-16-31-47(42)51(40-24-11-4-12-25-40)41-34-32-37(33-35-41)43-29-17-30-46-44-27-13-14-28-45(44)48(38-20-7-2-8-21-38)49(50(43)46)39-22-9-3-10-23-39/h1-35H. The van der Waals surface area contributed by atoms with Crippen LogP contribution in [0.25, 0.3) is 66.1 Å². The Morgan fingerprint density at radius 2 is 0.706 bits per heavy atom. The number of hydrogen-bond donors (Lipinski definition) is 0. The third-order valence-corrected chi connectivity index (χ3v) is 9.86. The van der Waals surface area contributed by atoms with Crippen LogP contribution in [0.4, 0.5) is 17.1 Å². The number of hydrogen-bond acceptors (Lipinski definition) is 1. The molecule has 0 atom stereocenters. The Bertz CT molecular complexity index is 2590. The first-order chi connectivity index (χ1) is 25.3. The summed E-state index contributed by atoms with van der Waals surface area (Å²) >= 11 is 0. The van der Waals surface area contributed by atoms with E-state index in [0.717, 1.165) is 17.1 Å². The first kappa shape index (κ1) is 30.4. The zero-order valence-electron chi connectivity index (χ0n) is 28.2. The van der Waals surface area contributed by atoms with E-state index in [2.05, 4.69) is 217 Å². The summed E-state index contributed by atoms with van der Waals surface area (Å²) in [5.74, 6) is 0. The molecule has 1 heteroatoms. The van der Waals surface area contributed by atoms with Gasteiger partial charge in [0.2, 0.25) is 0 Å². The zero-order valence-corrected chi connectivity index (χ0v) is 28.2. The molecule has 0 unspecified atom stereocenters. The summed E-state index contributed by atoms with van der Waals surface area (Å²) in [6, 6.07) is 76.5. The van der Waals surface area contributed by atoms with Crippen molar-refractivity contribution in [1.29, 1.82) is 0 Å². The molecule has 240 valence electrons. The summed E-state index contributed by atoms with van der Waals surface area (Å²) < 4.78 is 0. The van der Waals surface area contributed by atoms with Crippen molar-refractivity contribution in [3.63, 3.8) is 0 Å². The smallest absolute Gasteiger partial charge is 0.0540 e. The average Bonchev–Trinajstić information content (AvgIpc) is 3.22. The molecule has 1 nitrogen and oxygen atoms in total. The topological polar surface area (TPSA) is 3.24 Å². The molecule has 0 aliphatic carbocycles. The average molecular weight is 650 g/mol. The molecule has 0 fully saturated rings. The van der Waals surface area contributed by atoms with Gasteiger partial charge in [0.05, 0.1) is 5.69 Å². The molecular weight excluding hydrogens is 615 g/mol. The minimum absolute atomic E-state index is 1.10. The van der Waals surface area contributed by atoms with Crippen molar-refractivity contribution in [3.8, 4) is 44.5 Å². The van der Waals surface area contributed by atoms with E-state index < -0.39 is 0 Å². The van der Waals surface area contributed by atoms with Crippen molar-refractivity contribution in [2.75, 3.05) is 4.90 Å². The molecule has 0 spiro atoms. The highest BCUT2D eigenvalue weighted by Gasteiger charge is 2.21. The van der Waals surface area contributed by atoms with E-state index in [1.54, 1.807) is 0 Å². The summed E-state index contributed by atoms with van der Waals surface area (Å²) in [6.07, 6.45) is 0. The van der Waals surface area contributed by atoms with Crippen molar-refractivity contribution >= 4 is 38.6 Å². The van der Waals surface area contributed by atoms with Crippen molar-refractivity contribution < 1.29 is 0 Å². The largest absolute Gasteiger partial charge is 0.310 e. The Morgan fingerprint density at radius 3 is 1.37 bits per heavy atom. The van der Waals surface area contributed by atoms with Crippen molar-refractivity contribution in [2.24, 2.45) is 0 Å². The van der Waals surface area contributed by atoms with Crippen LogP contribution in [0.1, 0.15) is 0 Å². The number of rotatable bonds is 7. The lowest BCUT2D eigenvalue weighted by Gasteiger charge is -2.28. The van der Waals surface area contributed by atoms with E-state index in [1.165, 1.54) is 66.1 Å². The monoisotopic (exact) mass is 649 g/mol. The van der Waals surface area contributed by atoms with E-state index >= 15 is 0 Å². The predicted molar refractivity (Wildman–Crippen MR) is 218 cm³/mol. The molecular formula is C50H35N. The van der Waals surface area contributed by atoms with Gasteiger partial charge in [0.25, 0.3) is 0 Å². The van der Waals surface area contributed by atoms with Crippen LogP contribution in [-0.2, 0) is 0 Å². The molecule has 0 saturated carbocycles. The Balaban J connectivity index is 1.27. The summed E-state index contributed by atoms with van der Waals surface area (Å²) in [5, 5.41) is 5.05. The normalized spacial score (nSPS) is 11.1. The number of nitrogens with zero attached hydrogens (tertiary/aromatic N) is 1. The van der Waals surface area contributed by atoms with Crippen LogP contribution in [0.5, 0.6) is 0 Å². The highest BCUT2D eigenvalue weighted by atomic mass is 15.1. The fourth-order valence-electron chi connectivity index (χ4n) is 7.61.